The normalized spacial score (nSPS) is 13.2. The quantitative estimate of drug-likeness (QED) is 0.167. The molecule has 6 rings (SSSR count). The van der Waals surface area contributed by atoms with Crippen molar-refractivity contribution in [3.8, 4) is 0 Å². The molecule has 1 aromatic heterocycles. The average molecular weight is 596 g/mol. The molecule has 0 spiro atoms. The SMILES string of the molecule is COCc1ccc2cc(C(O)(c3cn(C(c4ccccc4)(c4ccccc4)c4ccccc4)cn3)C(C)C)ccc2c1C(N)=O. The zero-order valence-electron chi connectivity index (χ0n) is 25.7. The van der Waals surface area contributed by atoms with E-state index in [-0.39, 0.29) is 12.5 Å². The third-order valence-electron chi connectivity index (χ3n) is 8.86. The van der Waals surface area contributed by atoms with Gasteiger partial charge in [-0.15, -0.1) is 0 Å². The van der Waals surface area contributed by atoms with Gasteiger partial charge < -0.3 is 20.1 Å². The Morgan fingerprint density at radius 3 is 1.87 bits per heavy atom. The van der Waals surface area contributed by atoms with Crippen molar-refractivity contribution < 1.29 is 14.6 Å². The van der Waals surface area contributed by atoms with Crippen LogP contribution in [0, 0.1) is 5.92 Å². The minimum atomic E-state index is -1.44. The van der Waals surface area contributed by atoms with Crippen LogP contribution in [0.2, 0.25) is 0 Å². The predicted octanol–water partition coefficient (Wildman–Crippen LogP) is 7.01. The maximum absolute atomic E-state index is 12.6. The Morgan fingerprint density at radius 2 is 1.38 bits per heavy atom. The maximum Gasteiger partial charge on any atom is 0.249 e. The van der Waals surface area contributed by atoms with Crippen LogP contribution in [0.4, 0.5) is 0 Å². The Balaban J connectivity index is 1.56. The van der Waals surface area contributed by atoms with Gasteiger partial charge in [-0.2, -0.15) is 0 Å². The molecule has 0 saturated heterocycles. The Morgan fingerprint density at radius 1 is 0.822 bits per heavy atom. The van der Waals surface area contributed by atoms with E-state index in [0.29, 0.717) is 22.2 Å². The first-order chi connectivity index (χ1) is 21.8. The Kier molecular flexibility index (Phi) is 8.11. The van der Waals surface area contributed by atoms with Gasteiger partial charge in [0.15, 0.2) is 0 Å². The molecule has 1 amide bonds. The highest BCUT2D eigenvalue weighted by molar-refractivity contribution is 6.07. The van der Waals surface area contributed by atoms with E-state index in [9.17, 15) is 9.90 Å². The van der Waals surface area contributed by atoms with Crippen LogP contribution in [0.25, 0.3) is 10.8 Å². The number of imidazole rings is 1. The summed E-state index contributed by atoms with van der Waals surface area (Å²) in [4.78, 5) is 17.4. The van der Waals surface area contributed by atoms with E-state index in [2.05, 4.69) is 41.0 Å². The highest BCUT2D eigenvalue weighted by Gasteiger charge is 2.42. The molecule has 0 fully saturated rings. The van der Waals surface area contributed by atoms with Gasteiger partial charge in [-0.3, -0.25) is 4.79 Å². The number of hydrogen-bond acceptors (Lipinski definition) is 4. The lowest BCUT2D eigenvalue weighted by molar-refractivity contribution is 0.0279. The van der Waals surface area contributed by atoms with Gasteiger partial charge in [0, 0.05) is 13.3 Å². The molecule has 0 aliphatic carbocycles. The van der Waals surface area contributed by atoms with Crippen molar-refractivity contribution in [3.05, 3.63) is 173 Å². The van der Waals surface area contributed by atoms with E-state index in [1.165, 1.54) is 0 Å². The topological polar surface area (TPSA) is 90.4 Å². The second-order valence-corrected chi connectivity index (χ2v) is 11.7. The van der Waals surface area contributed by atoms with Gasteiger partial charge in [-0.05, 0) is 50.6 Å². The molecule has 0 aliphatic rings. The zero-order valence-corrected chi connectivity index (χ0v) is 25.7. The van der Waals surface area contributed by atoms with E-state index in [4.69, 9.17) is 15.5 Å². The van der Waals surface area contributed by atoms with Crippen LogP contribution in [0.3, 0.4) is 0 Å². The number of carbonyl (C=O) groups is 1. The van der Waals surface area contributed by atoms with Gasteiger partial charge >= 0.3 is 0 Å². The average Bonchev–Trinajstić information content (AvgIpc) is 3.57. The summed E-state index contributed by atoms with van der Waals surface area (Å²) < 4.78 is 7.41. The van der Waals surface area contributed by atoms with Gasteiger partial charge in [0.1, 0.15) is 11.1 Å². The molecule has 5 aromatic carbocycles. The van der Waals surface area contributed by atoms with E-state index < -0.39 is 17.0 Å². The zero-order chi connectivity index (χ0) is 31.6. The maximum atomic E-state index is 12.6. The number of fused-ring (bicyclic) bond motifs is 1. The number of methoxy groups -OCH3 is 1. The highest BCUT2D eigenvalue weighted by atomic mass is 16.5. The molecule has 0 aliphatic heterocycles. The van der Waals surface area contributed by atoms with Gasteiger partial charge in [0.2, 0.25) is 5.91 Å². The van der Waals surface area contributed by atoms with E-state index >= 15 is 0 Å². The summed E-state index contributed by atoms with van der Waals surface area (Å²) in [5.41, 5.74) is 9.16. The molecule has 45 heavy (non-hydrogen) atoms. The van der Waals surface area contributed by atoms with Crippen LogP contribution in [0.15, 0.2) is 134 Å². The number of nitrogens with two attached hydrogens (primary N) is 1. The molecule has 1 heterocycles. The van der Waals surface area contributed by atoms with Crippen molar-refractivity contribution in [2.75, 3.05) is 7.11 Å². The Bertz CT molecular complexity index is 1840. The smallest absolute Gasteiger partial charge is 0.249 e. The lowest BCUT2D eigenvalue weighted by Crippen LogP contribution is -2.37. The summed E-state index contributed by atoms with van der Waals surface area (Å²) in [6, 6.07) is 40.6. The molecule has 1 atom stereocenters. The standard InChI is InChI=1S/C39H37N3O3/c1-27(2)39(44,33-21-22-34-28(23-33)19-20-29(25-45-3)36(34)37(40)43)35-24-42(26-41-35)38(30-13-7-4-8-14-30,31-15-9-5-10-16-31)32-17-11-6-12-18-32/h4-24,26-27,44H,25H2,1-3H3,(H2,40,43). The van der Waals surface area contributed by atoms with Crippen LogP contribution >= 0.6 is 0 Å². The number of benzene rings is 5. The Labute approximate surface area is 263 Å². The summed E-state index contributed by atoms with van der Waals surface area (Å²) >= 11 is 0. The number of ether oxygens (including phenoxy) is 1. The number of hydrogen-bond donors (Lipinski definition) is 2. The summed E-state index contributed by atoms with van der Waals surface area (Å²) in [5.74, 6) is -0.751. The van der Waals surface area contributed by atoms with Crippen LogP contribution in [0.5, 0.6) is 0 Å². The molecule has 0 bridgehead atoms. The van der Waals surface area contributed by atoms with Crippen molar-refractivity contribution in [3.63, 3.8) is 0 Å². The van der Waals surface area contributed by atoms with Crippen molar-refractivity contribution >= 4 is 16.7 Å². The van der Waals surface area contributed by atoms with Gasteiger partial charge in [-0.25, -0.2) is 4.98 Å². The second-order valence-electron chi connectivity index (χ2n) is 11.7. The minimum absolute atomic E-state index is 0.235. The number of primary amides is 1. The minimum Gasteiger partial charge on any atom is -0.380 e. The van der Waals surface area contributed by atoms with Gasteiger partial charge in [0.05, 0.1) is 24.2 Å². The first-order valence-electron chi connectivity index (χ1n) is 15.1. The number of aliphatic hydroxyl groups is 1. The fourth-order valence-corrected chi connectivity index (χ4v) is 6.64. The molecule has 3 N–H and O–H groups in total. The van der Waals surface area contributed by atoms with Crippen molar-refractivity contribution in [2.45, 2.75) is 31.6 Å². The monoisotopic (exact) mass is 595 g/mol. The van der Waals surface area contributed by atoms with Crippen molar-refractivity contribution in [1.82, 2.24) is 9.55 Å². The fourth-order valence-electron chi connectivity index (χ4n) is 6.64. The first kappa shape index (κ1) is 30.0. The highest BCUT2D eigenvalue weighted by Crippen LogP contribution is 2.43. The van der Waals surface area contributed by atoms with E-state index in [0.717, 1.165) is 27.6 Å². The fraction of sp³-hybridized carbons (Fsp3) is 0.179. The number of carbonyl (C=O) groups excluding carboxylic acids is 1. The molecule has 6 heteroatoms. The molecule has 0 saturated carbocycles. The number of nitrogens with zero attached hydrogens (tertiary/aromatic N) is 2. The van der Waals surface area contributed by atoms with Crippen LogP contribution in [-0.2, 0) is 22.5 Å². The molecular formula is C39H37N3O3. The molecule has 0 radical (unpaired) electrons. The summed E-state index contributed by atoms with van der Waals surface area (Å²) in [7, 11) is 1.59. The summed E-state index contributed by atoms with van der Waals surface area (Å²) in [6.45, 7) is 4.24. The second kappa shape index (κ2) is 12.2. The van der Waals surface area contributed by atoms with Crippen LogP contribution in [0.1, 0.15) is 57.7 Å². The van der Waals surface area contributed by atoms with Crippen LogP contribution in [-0.4, -0.2) is 27.7 Å². The third-order valence-corrected chi connectivity index (χ3v) is 8.86. The van der Waals surface area contributed by atoms with Gasteiger partial charge in [-0.1, -0.05) is 129 Å². The molecule has 6 aromatic rings. The molecule has 1 unspecified atom stereocenters. The molecule has 226 valence electrons. The third kappa shape index (κ3) is 5.02. The van der Waals surface area contributed by atoms with Crippen molar-refractivity contribution in [2.24, 2.45) is 11.7 Å². The van der Waals surface area contributed by atoms with Crippen LogP contribution < -0.4 is 5.73 Å². The molecular weight excluding hydrogens is 558 g/mol. The lowest BCUT2D eigenvalue weighted by atomic mass is 9.76. The summed E-state index contributed by atoms with van der Waals surface area (Å²) in [6.07, 6.45) is 3.78. The van der Waals surface area contributed by atoms with Crippen molar-refractivity contribution in [1.29, 1.82) is 0 Å². The summed E-state index contributed by atoms with van der Waals surface area (Å²) in [5, 5.41) is 14.1. The number of aromatic nitrogens is 2. The van der Waals surface area contributed by atoms with Gasteiger partial charge in [0.25, 0.3) is 0 Å². The largest absolute Gasteiger partial charge is 0.380 e. The van der Waals surface area contributed by atoms with E-state index in [1.54, 1.807) is 7.11 Å². The van der Waals surface area contributed by atoms with E-state index in [1.807, 2.05) is 111 Å². The Hall–Kier alpha value is -5.04. The lowest BCUT2D eigenvalue weighted by Gasteiger charge is -2.37. The number of amides is 1. The number of rotatable bonds is 10. The first-order valence-corrected chi connectivity index (χ1v) is 15.1. The predicted molar refractivity (Wildman–Crippen MR) is 178 cm³/mol. The molecule has 6 nitrogen and oxygen atoms in total.